The van der Waals surface area contributed by atoms with E-state index in [1.165, 1.54) is 11.3 Å². The second kappa shape index (κ2) is 6.57. The van der Waals surface area contributed by atoms with Gasteiger partial charge in [0.25, 0.3) is 0 Å². The Hall–Kier alpha value is -2.09. The first-order valence-corrected chi connectivity index (χ1v) is 7.77. The summed E-state index contributed by atoms with van der Waals surface area (Å²) < 4.78 is 0. The molecule has 21 heavy (non-hydrogen) atoms. The molecule has 2 aromatic rings. The standard InChI is InChI=1S/C13H16N6OS/c20-11(17-13-18-16-9-21-13)8-10-2-6-19(7-3-10)12-14-4-1-5-15-12/h1,4-5,9-10H,2-3,6-8H2,(H,17,18,20). The van der Waals surface area contributed by atoms with Gasteiger partial charge in [-0.2, -0.15) is 0 Å². The summed E-state index contributed by atoms with van der Waals surface area (Å²) >= 11 is 1.33. The van der Waals surface area contributed by atoms with Crippen LogP contribution in [0.1, 0.15) is 19.3 Å². The fraction of sp³-hybridized carbons (Fsp3) is 0.462. The zero-order valence-corrected chi connectivity index (χ0v) is 12.3. The van der Waals surface area contributed by atoms with Crippen molar-refractivity contribution in [3.8, 4) is 0 Å². The number of hydrogen-bond acceptors (Lipinski definition) is 7. The maximum atomic E-state index is 11.9. The first-order valence-electron chi connectivity index (χ1n) is 6.89. The molecule has 0 bridgehead atoms. The first-order chi connectivity index (χ1) is 10.3. The Bertz CT molecular complexity index is 568. The van der Waals surface area contributed by atoms with Gasteiger partial charge in [0.1, 0.15) is 5.51 Å². The summed E-state index contributed by atoms with van der Waals surface area (Å²) in [5.41, 5.74) is 1.61. The largest absolute Gasteiger partial charge is 0.341 e. The number of carbonyl (C=O) groups excluding carboxylic acids is 1. The lowest BCUT2D eigenvalue weighted by atomic mass is 9.93. The predicted molar refractivity (Wildman–Crippen MR) is 80.1 cm³/mol. The SMILES string of the molecule is O=C(CC1CCN(c2ncccn2)CC1)Nc1nncs1. The highest BCUT2D eigenvalue weighted by atomic mass is 32.1. The molecule has 2 aromatic heterocycles. The summed E-state index contributed by atoms with van der Waals surface area (Å²) in [6, 6.07) is 1.81. The van der Waals surface area contributed by atoms with Crippen molar-refractivity contribution in [1.29, 1.82) is 0 Å². The highest BCUT2D eigenvalue weighted by molar-refractivity contribution is 7.13. The minimum atomic E-state index is 0.0150. The van der Waals surface area contributed by atoms with Crippen LogP contribution < -0.4 is 10.2 Å². The van der Waals surface area contributed by atoms with E-state index in [-0.39, 0.29) is 5.91 Å². The lowest BCUT2D eigenvalue weighted by Gasteiger charge is -2.31. The van der Waals surface area contributed by atoms with Crippen LogP contribution >= 0.6 is 11.3 Å². The number of carbonyl (C=O) groups is 1. The number of rotatable bonds is 4. The van der Waals surface area contributed by atoms with Gasteiger partial charge in [0.15, 0.2) is 0 Å². The summed E-state index contributed by atoms with van der Waals surface area (Å²) in [4.78, 5) is 22.6. The Balaban J connectivity index is 1.46. The molecule has 1 aliphatic rings. The molecular formula is C13H16N6OS. The molecule has 0 radical (unpaired) electrons. The van der Waals surface area contributed by atoms with Gasteiger partial charge in [-0.1, -0.05) is 11.3 Å². The van der Waals surface area contributed by atoms with Crippen LogP contribution in [0.2, 0.25) is 0 Å². The Morgan fingerprint density at radius 2 is 2.10 bits per heavy atom. The van der Waals surface area contributed by atoms with Crippen LogP contribution in [-0.4, -0.2) is 39.2 Å². The average Bonchev–Trinajstić information content (AvgIpc) is 3.02. The number of amides is 1. The van der Waals surface area contributed by atoms with Crippen molar-refractivity contribution < 1.29 is 4.79 Å². The van der Waals surface area contributed by atoms with Gasteiger partial charge in [0, 0.05) is 31.9 Å². The molecule has 1 amide bonds. The van der Waals surface area contributed by atoms with E-state index in [1.54, 1.807) is 17.9 Å². The van der Waals surface area contributed by atoms with Gasteiger partial charge in [-0.15, -0.1) is 10.2 Å². The lowest BCUT2D eigenvalue weighted by Crippen LogP contribution is -2.35. The normalized spacial score (nSPS) is 15.9. The molecule has 0 aliphatic carbocycles. The Labute approximate surface area is 126 Å². The number of anilines is 2. The van der Waals surface area contributed by atoms with Crippen molar-refractivity contribution in [2.24, 2.45) is 5.92 Å². The van der Waals surface area contributed by atoms with Crippen molar-refractivity contribution in [3.05, 3.63) is 24.0 Å². The van der Waals surface area contributed by atoms with Crippen LogP contribution in [-0.2, 0) is 4.79 Å². The minimum absolute atomic E-state index is 0.0150. The highest BCUT2D eigenvalue weighted by Crippen LogP contribution is 2.23. The smallest absolute Gasteiger partial charge is 0.226 e. The highest BCUT2D eigenvalue weighted by Gasteiger charge is 2.23. The number of nitrogens with one attached hydrogen (secondary N) is 1. The molecule has 1 aliphatic heterocycles. The molecule has 8 heteroatoms. The van der Waals surface area contributed by atoms with Gasteiger partial charge < -0.3 is 10.2 Å². The topological polar surface area (TPSA) is 83.9 Å². The number of piperidine rings is 1. The maximum absolute atomic E-state index is 11.9. The third kappa shape index (κ3) is 3.72. The Morgan fingerprint density at radius 1 is 1.33 bits per heavy atom. The summed E-state index contributed by atoms with van der Waals surface area (Å²) in [7, 11) is 0. The average molecular weight is 304 g/mol. The maximum Gasteiger partial charge on any atom is 0.226 e. The van der Waals surface area contributed by atoms with Gasteiger partial charge in [-0.3, -0.25) is 4.79 Å². The molecule has 0 aromatic carbocycles. The second-order valence-corrected chi connectivity index (χ2v) is 5.81. The van der Waals surface area contributed by atoms with E-state index in [1.807, 2.05) is 6.07 Å². The monoisotopic (exact) mass is 304 g/mol. The molecule has 3 rings (SSSR count). The third-order valence-corrected chi connectivity index (χ3v) is 4.14. The van der Waals surface area contributed by atoms with Crippen LogP contribution in [0.4, 0.5) is 11.1 Å². The van der Waals surface area contributed by atoms with Crippen molar-refractivity contribution in [2.45, 2.75) is 19.3 Å². The van der Waals surface area contributed by atoms with Crippen LogP contribution in [0.3, 0.4) is 0 Å². The van der Waals surface area contributed by atoms with Crippen LogP contribution in [0.15, 0.2) is 24.0 Å². The van der Waals surface area contributed by atoms with Crippen LogP contribution in [0.5, 0.6) is 0 Å². The Morgan fingerprint density at radius 3 is 2.76 bits per heavy atom. The van der Waals surface area contributed by atoms with E-state index < -0.39 is 0 Å². The fourth-order valence-corrected chi connectivity index (χ4v) is 2.91. The molecule has 7 nitrogen and oxygen atoms in total. The summed E-state index contributed by atoms with van der Waals surface area (Å²) in [5.74, 6) is 1.19. The van der Waals surface area contributed by atoms with Gasteiger partial charge >= 0.3 is 0 Å². The molecule has 0 spiro atoms. The van der Waals surface area contributed by atoms with E-state index in [0.717, 1.165) is 31.9 Å². The first kappa shape index (κ1) is 13.9. The summed E-state index contributed by atoms with van der Waals surface area (Å²) in [6.45, 7) is 1.78. The van der Waals surface area contributed by atoms with E-state index in [0.29, 0.717) is 17.5 Å². The van der Waals surface area contributed by atoms with Crippen molar-refractivity contribution in [3.63, 3.8) is 0 Å². The molecular weight excluding hydrogens is 288 g/mol. The molecule has 1 saturated heterocycles. The van der Waals surface area contributed by atoms with Gasteiger partial charge in [-0.05, 0) is 24.8 Å². The minimum Gasteiger partial charge on any atom is -0.341 e. The van der Waals surface area contributed by atoms with Crippen molar-refractivity contribution in [2.75, 3.05) is 23.3 Å². The van der Waals surface area contributed by atoms with E-state index in [4.69, 9.17) is 0 Å². The second-order valence-electron chi connectivity index (χ2n) is 4.98. The summed E-state index contributed by atoms with van der Waals surface area (Å²) in [6.07, 6.45) is 5.99. The zero-order valence-electron chi connectivity index (χ0n) is 11.5. The van der Waals surface area contributed by atoms with E-state index >= 15 is 0 Å². The lowest BCUT2D eigenvalue weighted by molar-refractivity contribution is -0.117. The third-order valence-electron chi connectivity index (χ3n) is 3.53. The number of hydrogen-bond donors (Lipinski definition) is 1. The van der Waals surface area contributed by atoms with Crippen LogP contribution in [0, 0.1) is 5.92 Å². The molecule has 1 N–H and O–H groups in total. The van der Waals surface area contributed by atoms with Gasteiger partial charge in [0.05, 0.1) is 0 Å². The van der Waals surface area contributed by atoms with E-state index in [9.17, 15) is 4.79 Å². The Kier molecular flexibility index (Phi) is 4.34. The molecule has 0 unspecified atom stereocenters. The molecule has 0 atom stereocenters. The fourth-order valence-electron chi connectivity index (χ4n) is 2.45. The summed E-state index contributed by atoms with van der Waals surface area (Å²) in [5, 5.41) is 10.9. The predicted octanol–water partition coefficient (Wildman–Crippen LogP) is 1.57. The number of nitrogens with zero attached hydrogens (tertiary/aromatic N) is 5. The molecule has 3 heterocycles. The van der Waals surface area contributed by atoms with Crippen molar-refractivity contribution in [1.82, 2.24) is 20.2 Å². The van der Waals surface area contributed by atoms with Gasteiger partial charge in [0.2, 0.25) is 17.0 Å². The molecule has 0 saturated carbocycles. The quantitative estimate of drug-likeness (QED) is 0.923. The number of aromatic nitrogens is 4. The molecule has 110 valence electrons. The van der Waals surface area contributed by atoms with Gasteiger partial charge in [-0.25, -0.2) is 9.97 Å². The zero-order chi connectivity index (χ0) is 14.5. The van der Waals surface area contributed by atoms with E-state index in [2.05, 4.69) is 30.4 Å². The molecule has 1 fully saturated rings. The van der Waals surface area contributed by atoms with Crippen LogP contribution in [0.25, 0.3) is 0 Å². The van der Waals surface area contributed by atoms with Crippen molar-refractivity contribution >= 4 is 28.3 Å².